The van der Waals surface area contributed by atoms with Crippen molar-refractivity contribution >= 4 is 40.6 Å². The molecule has 15 heavy (non-hydrogen) atoms. The summed E-state index contributed by atoms with van der Waals surface area (Å²) in [6, 6.07) is 5.72. The van der Waals surface area contributed by atoms with Crippen molar-refractivity contribution in [2.24, 2.45) is 0 Å². The Labute approximate surface area is 97.6 Å². The topological polar surface area (TPSA) is 46.3 Å². The lowest BCUT2D eigenvalue weighted by atomic mass is 10.2. The van der Waals surface area contributed by atoms with Gasteiger partial charge in [0.1, 0.15) is 6.00 Å². The first-order valence-corrected chi connectivity index (χ1v) is 5.98. The maximum Gasteiger partial charge on any atom is 0.241 e. The van der Waals surface area contributed by atoms with E-state index in [1.165, 1.54) is 0 Å². The summed E-state index contributed by atoms with van der Waals surface area (Å²) in [5.74, 6) is 0.0353. The van der Waals surface area contributed by atoms with E-state index in [0.29, 0.717) is 5.69 Å². The van der Waals surface area contributed by atoms with Crippen LogP contribution in [-0.4, -0.2) is 17.2 Å². The first-order chi connectivity index (χ1) is 7.13. The summed E-state index contributed by atoms with van der Waals surface area (Å²) in [6.45, 7) is 1.88. The quantitative estimate of drug-likeness (QED) is 0.467. The molecular weight excluding hydrogens is 232 g/mol. The third kappa shape index (κ3) is 1.79. The Morgan fingerprint density at radius 2 is 2.33 bits per heavy atom. The number of rotatable bonds is 1. The van der Waals surface area contributed by atoms with Crippen LogP contribution < -0.4 is 10.6 Å². The highest BCUT2D eigenvalue weighted by atomic mass is 35.5. The molecule has 80 valence electrons. The van der Waals surface area contributed by atoms with Gasteiger partial charge in [0.25, 0.3) is 0 Å². The van der Waals surface area contributed by atoms with Crippen molar-refractivity contribution in [2.45, 2.75) is 17.1 Å². The second-order valence-electron chi connectivity index (χ2n) is 3.37. The van der Waals surface area contributed by atoms with E-state index in [1.807, 2.05) is 19.1 Å². The number of benzene rings is 1. The predicted octanol–water partition coefficient (Wildman–Crippen LogP) is 2.29. The monoisotopic (exact) mass is 242 g/mol. The Kier molecular flexibility index (Phi) is 2.80. The molecular formula is C10H11ClN2OS. The molecule has 1 heterocycles. The highest BCUT2D eigenvalue weighted by molar-refractivity contribution is 8.01. The summed E-state index contributed by atoms with van der Waals surface area (Å²) < 4.78 is 0. The Bertz CT molecular complexity index is 410. The normalized spacial score (nSPS) is 20.3. The number of hydrogen-bond donors (Lipinski definition) is 1. The van der Waals surface area contributed by atoms with Crippen molar-refractivity contribution in [2.75, 3.05) is 16.6 Å². The van der Waals surface area contributed by atoms with Crippen LogP contribution in [0.5, 0.6) is 0 Å². The molecule has 5 heteroatoms. The fraction of sp³-hybridized carbons (Fsp3) is 0.300. The average molecular weight is 243 g/mol. The van der Waals surface area contributed by atoms with Gasteiger partial charge in [-0.3, -0.25) is 9.69 Å². The number of carbonyl (C=O) groups is 1. The molecule has 1 aromatic carbocycles. The number of hydrogen-bond acceptors (Lipinski definition) is 3. The Morgan fingerprint density at radius 1 is 1.60 bits per heavy atom. The zero-order chi connectivity index (χ0) is 11.0. The van der Waals surface area contributed by atoms with Gasteiger partial charge >= 0.3 is 0 Å². The summed E-state index contributed by atoms with van der Waals surface area (Å²) in [5, 5.41) is -0.0834. The minimum Gasteiger partial charge on any atom is -0.399 e. The van der Waals surface area contributed by atoms with Crippen LogP contribution in [0, 0.1) is 0 Å². The van der Waals surface area contributed by atoms with Gasteiger partial charge in [0.2, 0.25) is 5.91 Å². The molecule has 1 aliphatic heterocycles. The second-order valence-corrected chi connectivity index (χ2v) is 4.99. The molecule has 1 atom stereocenters. The first-order valence-electron chi connectivity index (χ1n) is 4.57. The standard InChI is InChI=1S/C10H11ClN2OS/c1-6-10(14)13(5-11)8-4-7(12)2-3-9(8)15-6/h2-4,6H,5,12H2,1H3. The summed E-state index contributed by atoms with van der Waals surface area (Å²) in [5.41, 5.74) is 7.15. The number of amides is 1. The third-order valence-electron chi connectivity index (χ3n) is 2.31. The molecule has 1 amide bonds. The van der Waals surface area contributed by atoms with E-state index < -0.39 is 0 Å². The van der Waals surface area contributed by atoms with Crippen molar-refractivity contribution in [3.05, 3.63) is 18.2 Å². The molecule has 1 unspecified atom stereocenters. The minimum atomic E-state index is -0.0834. The molecule has 0 aliphatic carbocycles. The number of nitrogens with zero attached hydrogens (tertiary/aromatic N) is 1. The predicted molar refractivity (Wildman–Crippen MR) is 64.4 cm³/mol. The molecule has 2 N–H and O–H groups in total. The number of carbonyl (C=O) groups excluding carboxylic acids is 1. The number of thioether (sulfide) groups is 1. The van der Waals surface area contributed by atoms with Crippen LogP contribution in [0.1, 0.15) is 6.92 Å². The third-order valence-corrected chi connectivity index (χ3v) is 3.70. The van der Waals surface area contributed by atoms with Crippen LogP contribution in [0.25, 0.3) is 0 Å². The molecule has 0 radical (unpaired) electrons. The van der Waals surface area contributed by atoms with Gasteiger partial charge in [0, 0.05) is 10.6 Å². The Hall–Kier alpha value is -0.870. The smallest absolute Gasteiger partial charge is 0.241 e. The lowest BCUT2D eigenvalue weighted by Gasteiger charge is -2.30. The van der Waals surface area contributed by atoms with E-state index in [2.05, 4.69) is 0 Å². The minimum absolute atomic E-state index is 0.0353. The van der Waals surface area contributed by atoms with Crippen LogP contribution in [-0.2, 0) is 4.79 Å². The molecule has 1 aliphatic rings. The van der Waals surface area contributed by atoms with Crippen molar-refractivity contribution in [3.63, 3.8) is 0 Å². The maximum atomic E-state index is 11.8. The number of fused-ring (bicyclic) bond motifs is 1. The van der Waals surface area contributed by atoms with Gasteiger partial charge in [0.15, 0.2) is 0 Å². The fourth-order valence-electron chi connectivity index (χ4n) is 1.55. The van der Waals surface area contributed by atoms with Crippen LogP contribution in [0.15, 0.2) is 23.1 Å². The van der Waals surface area contributed by atoms with Gasteiger partial charge in [-0.05, 0) is 25.1 Å². The number of anilines is 2. The highest BCUT2D eigenvalue weighted by Crippen LogP contribution is 2.40. The summed E-state index contributed by atoms with van der Waals surface area (Å²) >= 11 is 7.32. The zero-order valence-corrected chi connectivity index (χ0v) is 9.81. The van der Waals surface area contributed by atoms with Crippen molar-refractivity contribution in [1.82, 2.24) is 0 Å². The van der Waals surface area contributed by atoms with Crippen LogP contribution in [0.3, 0.4) is 0 Å². The molecule has 0 saturated carbocycles. The van der Waals surface area contributed by atoms with Gasteiger partial charge in [-0.2, -0.15) is 0 Å². The molecule has 2 rings (SSSR count). The number of nitrogen functional groups attached to an aromatic ring is 1. The van der Waals surface area contributed by atoms with E-state index in [9.17, 15) is 4.79 Å². The van der Waals surface area contributed by atoms with Crippen LogP contribution in [0.4, 0.5) is 11.4 Å². The highest BCUT2D eigenvalue weighted by Gasteiger charge is 2.29. The van der Waals surface area contributed by atoms with Crippen LogP contribution in [0.2, 0.25) is 0 Å². The average Bonchev–Trinajstić information content (AvgIpc) is 2.21. The lowest BCUT2D eigenvalue weighted by molar-refractivity contribution is -0.117. The molecule has 0 aromatic heterocycles. The molecule has 0 spiro atoms. The number of halogens is 1. The van der Waals surface area contributed by atoms with Gasteiger partial charge in [-0.15, -0.1) is 23.4 Å². The zero-order valence-electron chi connectivity index (χ0n) is 8.24. The molecule has 1 aromatic rings. The SMILES string of the molecule is CC1Sc2ccc(N)cc2N(CCl)C1=O. The van der Waals surface area contributed by atoms with E-state index in [4.69, 9.17) is 17.3 Å². The Morgan fingerprint density at radius 3 is 3.00 bits per heavy atom. The summed E-state index contributed by atoms with van der Waals surface area (Å²) in [4.78, 5) is 14.4. The number of nitrogens with two attached hydrogens (primary N) is 1. The molecule has 0 fully saturated rings. The number of alkyl halides is 1. The first kappa shape index (κ1) is 10.6. The van der Waals surface area contributed by atoms with Crippen molar-refractivity contribution < 1.29 is 4.79 Å². The second kappa shape index (κ2) is 3.94. The lowest BCUT2D eigenvalue weighted by Crippen LogP contribution is -2.38. The molecule has 0 saturated heterocycles. The fourth-order valence-corrected chi connectivity index (χ4v) is 2.84. The molecule has 3 nitrogen and oxygen atoms in total. The van der Waals surface area contributed by atoms with Gasteiger partial charge in [-0.1, -0.05) is 0 Å². The van der Waals surface area contributed by atoms with Gasteiger partial charge in [0.05, 0.1) is 10.9 Å². The van der Waals surface area contributed by atoms with Crippen molar-refractivity contribution in [3.8, 4) is 0 Å². The largest absolute Gasteiger partial charge is 0.399 e. The summed E-state index contributed by atoms with van der Waals surface area (Å²) in [6.07, 6.45) is 0. The molecule has 0 bridgehead atoms. The van der Waals surface area contributed by atoms with E-state index in [1.54, 1.807) is 22.7 Å². The van der Waals surface area contributed by atoms with Crippen molar-refractivity contribution in [1.29, 1.82) is 0 Å². The van der Waals surface area contributed by atoms with E-state index in [-0.39, 0.29) is 17.2 Å². The Balaban J connectivity index is 2.51. The van der Waals surface area contributed by atoms with Gasteiger partial charge in [-0.25, -0.2) is 0 Å². The van der Waals surface area contributed by atoms with Gasteiger partial charge < -0.3 is 5.73 Å². The van der Waals surface area contributed by atoms with E-state index in [0.717, 1.165) is 10.6 Å². The van der Waals surface area contributed by atoms with E-state index >= 15 is 0 Å². The maximum absolute atomic E-state index is 11.8. The summed E-state index contributed by atoms with van der Waals surface area (Å²) in [7, 11) is 0. The van der Waals surface area contributed by atoms with Crippen LogP contribution >= 0.6 is 23.4 Å².